The predicted molar refractivity (Wildman–Crippen MR) is 75.2 cm³/mol. The Kier molecular flexibility index (Phi) is 4.11. The van der Waals surface area contributed by atoms with Crippen molar-refractivity contribution in [3.63, 3.8) is 0 Å². The number of benzene rings is 2. The summed E-state index contributed by atoms with van der Waals surface area (Å²) in [6, 6.07) is 5.75. The van der Waals surface area contributed by atoms with Gasteiger partial charge in [-0.2, -0.15) is 0 Å². The largest absolute Gasteiger partial charge is 0.397 e. The third kappa shape index (κ3) is 3.00. The second-order valence-corrected chi connectivity index (χ2v) is 4.77. The van der Waals surface area contributed by atoms with Gasteiger partial charge < -0.3 is 11.1 Å². The molecule has 3 N–H and O–H groups in total. The molecule has 7 heteroatoms. The average Bonchev–Trinajstić information content (AvgIpc) is 2.33. The molecule has 2 aromatic carbocycles. The lowest BCUT2D eigenvalue weighted by atomic mass is 10.2. The second-order valence-electron chi connectivity index (χ2n) is 3.93. The summed E-state index contributed by atoms with van der Waals surface area (Å²) in [6.45, 7) is 0. The molecule has 0 spiro atoms. The molecule has 0 saturated carbocycles. The maximum atomic E-state index is 13.6. The summed E-state index contributed by atoms with van der Waals surface area (Å²) in [6.07, 6.45) is 0. The van der Waals surface area contributed by atoms with E-state index in [0.29, 0.717) is 11.1 Å². The molecule has 104 valence electrons. The van der Waals surface area contributed by atoms with E-state index in [4.69, 9.17) is 28.9 Å². The molecule has 0 radical (unpaired) electrons. The van der Waals surface area contributed by atoms with Crippen molar-refractivity contribution in [3.8, 4) is 0 Å². The van der Waals surface area contributed by atoms with Gasteiger partial charge >= 0.3 is 0 Å². The quantitative estimate of drug-likeness (QED) is 0.819. The highest BCUT2D eigenvalue weighted by atomic mass is 35.5. The van der Waals surface area contributed by atoms with Crippen molar-refractivity contribution in [1.82, 2.24) is 0 Å². The molecule has 2 rings (SSSR count). The molecule has 20 heavy (non-hydrogen) atoms. The number of anilines is 2. The first kappa shape index (κ1) is 14.6. The second kappa shape index (κ2) is 5.64. The molecule has 2 aromatic rings. The van der Waals surface area contributed by atoms with Crippen molar-refractivity contribution < 1.29 is 13.6 Å². The number of amides is 1. The zero-order valence-corrected chi connectivity index (χ0v) is 11.4. The third-order valence-electron chi connectivity index (χ3n) is 2.50. The minimum Gasteiger partial charge on any atom is -0.397 e. The van der Waals surface area contributed by atoms with E-state index >= 15 is 0 Å². The molecule has 0 aliphatic rings. The summed E-state index contributed by atoms with van der Waals surface area (Å²) in [5.41, 5.74) is 5.03. The standard InChI is InChI=1S/C13H8Cl2F2N2O/c14-6-1-2-8(9(15)3-6)13(20)19-12-10(17)4-7(16)5-11(12)18/h1-5H,18H2,(H,19,20). The number of hydrogen-bond donors (Lipinski definition) is 2. The van der Waals surface area contributed by atoms with Crippen LogP contribution in [0.5, 0.6) is 0 Å². The monoisotopic (exact) mass is 316 g/mol. The third-order valence-corrected chi connectivity index (χ3v) is 3.05. The van der Waals surface area contributed by atoms with E-state index in [2.05, 4.69) is 5.32 Å². The minimum absolute atomic E-state index is 0.0965. The van der Waals surface area contributed by atoms with Crippen molar-refractivity contribution in [3.05, 3.63) is 57.6 Å². The van der Waals surface area contributed by atoms with Crippen LogP contribution in [0.2, 0.25) is 10.0 Å². The number of hydrogen-bond acceptors (Lipinski definition) is 2. The summed E-state index contributed by atoms with van der Waals surface area (Å²) >= 11 is 11.6. The van der Waals surface area contributed by atoms with Gasteiger partial charge in [-0.1, -0.05) is 23.2 Å². The fraction of sp³-hybridized carbons (Fsp3) is 0. The normalized spacial score (nSPS) is 10.4. The van der Waals surface area contributed by atoms with Crippen molar-refractivity contribution >= 4 is 40.5 Å². The van der Waals surface area contributed by atoms with Gasteiger partial charge in [0.2, 0.25) is 0 Å². The molecule has 0 aliphatic heterocycles. The van der Waals surface area contributed by atoms with Crippen LogP contribution in [-0.4, -0.2) is 5.91 Å². The SMILES string of the molecule is Nc1cc(F)cc(F)c1NC(=O)c1ccc(Cl)cc1Cl. The molecule has 0 unspecified atom stereocenters. The summed E-state index contributed by atoms with van der Waals surface area (Å²) < 4.78 is 26.5. The van der Waals surface area contributed by atoms with E-state index in [1.165, 1.54) is 18.2 Å². The van der Waals surface area contributed by atoms with E-state index in [0.717, 1.165) is 6.07 Å². The lowest BCUT2D eigenvalue weighted by molar-refractivity contribution is 0.102. The molecule has 0 fully saturated rings. The first-order chi connectivity index (χ1) is 9.38. The molecule has 0 atom stereocenters. The summed E-state index contributed by atoms with van der Waals surface area (Å²) in [4.78, 5) is 12.0. The van der Waals surface area contributed by atoms with Crippen LogP contribution in [0.25, 0.3) is 0 Å². The Balaban J connectivity index is 2.33. The highest BCUT2D eigenvalue weighted by molar-refractivity contribution is 6.37. The van der Waals surface area contributed by atoms with Gasteiger partial charge in [0.25, 0.3) is 5.91 Å². The fourth-order valence-electron chi connectivity index (χ4n) is 1.58. The highest BCUT2D eigenvalue weighted by Crippen LogP contribution is 2.26. The van der Waals surface area contributed by atoms with Crippen LogP contribution >= 0.6 is 23.2 Å². The van der Waals surface area contributed by atoms with E-state index in [1.807, 2.05) is 0 Å². The summed E-state index contributed by atoms with van der Waals surface area (Å²) in [7, 11) is 0. The molecule has 0 heterocycles. The van der Waals surface area contributed by atoms with Crippen molar-refractivity contribution in [1.29, 1.82) is 0 Å². The van der Waals surface area contributed by atoms with Crippen LogP contribution in [0.3, 0.4) is 0 Å². The number of nitrogens with one attached hydrogen (secondary N) is 1. The lowest BCUT2D eigenvalue weighted by Crippen LogP contribution is -2.15. The Morgan fingerprint density at radius 2 is 1.85 bits per heavy atom. The van der Waals surface area contributed by atoms with Crippen LogP contribution in [0, 0.1) is 11.6 Å². The van der Waals surface area contributed by atoms with E-state index in [-0.39, 0.29) is 22.0 Å². The van der Waals surface area contributed by atoms with Gasteiger partial charge in [-0.05, 0) is 24.3 Å². The van der Waals surface area contributed by atoms with Gasteiger partial charge in [0.05, 0.1) is 16.3 Å². The molecule has 0 aliphatic carbocycles. The van der Waals surface area contributed by atoms with Gasteiger partial charge in [-0.15, -0.1) is 0 Å². The zero-order valence-electron chi connectivity index (χ0n) is 9.88. The van der Waals surface area contributed by atoms with Gasteiger partial charge in [0, 0.05) is 11.1 Å². The topological polar surface area (TPSA) is 55.1 Å². The van der Waals surface area contributed by atoms with Gasteiger partial charge in [0.15, 0.2) is 5.82 Å². The molecule has 0 saturated heterocycles. The van der Waals surface area contributed by atoms with Crippen molar-refractivity contribution in [2.24, 2.45) is 0 Å². The predicted octanol–water partition coefficient (Wildman–Crippen LogP) is 4.11. The Labute approximate surface area is 123 Å². The van der Waals surface area contributed by atoms with Crippen LogP contribution in [0.4, 0.5) is 20.2 Å². The minimum atomic E-state index is -0.971. The van der Waals surface area contributed by atoms with Crippen molar-refractivity contribution in [2.45, 2.75) is 0 Å². The summed E-state index contributed by atoms with van der Waals surface area (Å²) in [5.74, 6) is -2.48. The number of nitrogens with two attached hydrogens (primary N) is 1. The molecule has 0 bridgehead atoms. The smallest absolute Gasteiger partial charge is 0.257 e. The number of nitrogen functional groups attached to an aromatic ring is 1. The molecular weight excluding hydrogens is 309 g/mol. The first-order valence-electron chi connectivity index (χ1n) is 5.39. The average molecular weight is 317 g/mol. The molecule has 3 nitrogen and oxygen atoms in total. The Morgan fingerprint density at radius 3 is 2.45 bits per heavy atom. The van der Waals surface area contributed by atoms with Crippen molar-refractivity contribution in [2.75, 3.05) is 11.1 Å². The first-order valence-corrected chi connectivity index (χ1v) is 6.15. The van der Waals surface area contributed by atoms with Crippen LogP contribution in [0.15, 0.2) is 30.3 Å². The Morgan fingerprint density at radius 1 is 1.15 bits per heavy atom. The molecule has 0 aromatic heterocycles. The fourth-order valence-corrected chi connectivity index (χ4v) is 2.07. The van der Waals surface area contributed by atoms with E-state index < -0.39 is 17.5 Å². The highest BCUT2D eigenvalue weighted by Gasteiger charge is 2.16. The molecule has 1 amide bonds. The number of carbonyl (C=O) groups is 1. The lowest BCUT2D eigenvalue weighted by Gasteiger charge is -2.10. The number of carbonyl (C=O) groups excluding carboxylic acids is 1. The Bertz CT molecular complexity index is 669. The maximum absolute atomic E-state index is 13.6. The van der Waals surface area contributed by atoms with E-state index in [9.17, 15) is 13.6 Å². The number of halogens is 4. The molecular formula is C13H8Cl2F2N2O. The van der Waals surface area contributed by atoms with E-state index in [1.54, 1.807) is 0 Å². The van der Waals surface area contributed by atoms with Crippen LogP contribution < -0.4 is 11.1 Å². The van der Waals surface area contributed by atoms with Gasteiger partial charge in [0.1, 0.15) is 11.5 Å². The number of rotatable bonds is 2. The zero-order chi connectivity index (χ0) is 14.9. The maximum Gasteiger partial charge on any atom is 0.257 e. The van der Waals surface area contributed by atoms with Gasteiger partial charge in [-0.25, -0.2) is 8.78 Å². The van der Waals surface area contributed by atoms with Crippen LogP contribution in [-0.2, 0) is 0 Å². The van der Waals surface area contributed by atoms with Crippen LogP contribution in [0.1, 0.15) is 10.4 Å². The Hall–Kier alpha value is -1.85. The van der Waals surface area contributed by atoms with Gasteiger partial charge in [-0.3, -0.25) is 4.79 Å². The summed E-state index contributed by atoms with van der Waals surface area (Å²) in [5, 5.41) is 2.72.